The van der Waals surface area contributed by atoms with Crippen LogP contribution in [-0.2, 0) is 14.8 Å². The Labute approximate surface area is 167 Å². The molecular formula is C18H20FN5O4S. The van der Waals surface area contributed by atoms with Gasteiger partial charge in [0.05, 0.1) is 12.8 Å². The van der Waals surface area contributed by atoms with E-state index in [2.05, 4.69) is 20.1 Å². The van der Waals surface area contributed by atoms with Crippen molar-refractivity contribution in [1.29, 1.82) is 0 Å². The molecule has 29 heavy (non-hydrogen) atoms. The number of ether oxygens (including phenoxy) is 1. The molecule has 0 radical (unpaired) electrons. The van der Waals surface area contributed by atoms with Crippen molar-refractivity contribution in [2.75, 3.05) is 18.5 Å². The molecule has 0 bridgehead atoms. The van der Waals surface area contributed by atoms with Crippen molar-refractivity contribution >= 4 is 33.1 Å². The van der Waals surface area contributed by atoms with Crippen molar-refractivity contribution in [3.8, 4) is 0 Å². The maximum absolute atomic E-state index is 13.5. The van der Waals surface area contributed by atoms with Gasteiger partial charge >= 0.3 is 5.97 Å². The normalized spacial score (nSPS) is 11.6. The van der Waals surface area contributed by atoms with Gasteiger partial charge in [-0.05, 0) is 37.6 Å². The molecule has 0 aliphatic carbocycles. The first-order chi connectivity index (χ1) is 13.8. The van der Waals surface area contributed by atoms with Gasteiger partial charge in [0.15, 0.2) is 11.5 Å². The predicted octanol–water partition coefficient (Wildman–Crippen LogP) is 2.40. The SMILES string of the molecule is CCNS(=O)(=O)c1cnn2c(Nc3ccc(F)cc3C)c(C(=O)OCC)cnc12. The Morgan fingerprint density at radius 2 is 2.03 bits per heavy atom. The number of carbonyl (C=O) groups is 1. The fourth-order valence-corrected chi connectivity index (χ4v) is 3.84. The van der Waals surface area contributed by atoms with Crippen molar-refractivity contribution < 1.29 is 22.3 Å². The van der Waals surface area contributed by atoms with Crippen LogP contribution in [0.3, 0.4) is 0 Å². The van der Waals surface area contributed by atoms with Gasteiger partial charge in [-0.15, -0.1) is 0 Å². The monoisotopic (exact) mass is 421 g/mol. The second kappa shape index (κ2) is 8.13. The van der Waals surface area contributed by atoms with Crippen LogP contribution < -0.4 is 10.0 Å². The Balaban J connectivity index is 2.21. The van der Waals surface area contributed by atoms with Gasteiger partial charge in [-0.1, -0.05) is 6.92 Å². The van der Waals surface area contributed by atoms with Crippen molar-refractivity contribution in [3.63, 3.8) is 0 Å². The van der Waals surface area contributed by atoms with Crippen LogP contribution in [0.15, 0.2) is 35.5 Å². The molecule has 0 aliphatic heterocycles. The van der Waals surface area contributed by atoms with Crippen molar-refractivity contribution in [1.82, 2.24) is 19.3 Å². The summed E-state index contributed by atoms with van der Waals surface area (Å²) >= 11 is 0. The smallest absolute Gasteiger partial charge is 0.343 e. The number of nitrogens with zero attached hydrogens (tertiary/aromatic N) is 3. The van der Waals surface area contributed by atoms with Crippen LogP contribution in [0.4, 0.5) is 15.9 Å². The Morgan fingerprint density at radius 1 is 1.28 bits per heavy atom. The lowest BCUT2D eigenvalue weighted by Crippen LogP contribution is -2.23. The molecule has 0 spiro atoms. The third-order valence-corrected chi connectivity index (χ3v) is 5.59. The van der Waals surface area contributed by atoms with Crippen molar-refractivity contribution in [3.05, 3.63) is 47.5 Å². The Morgan fingerprint density at radius 3 is 2.69 bits per heavy atom. The summed E-state index contributed by atoms with van der Waals surface area (Å²) in [6.07, 6.45) is 2.37. The molecule has 0 saturated carbocycles. The fraction of sp³-hybridized carbons (Fsp3) is 0.278. The summed E-state index contributed by atoms with van der Waals surface area (Å²) in [7, 11) is -3.83. The number of aryl methyl sites for hydroxylation is 1. The zero-order chi connectivity index (χ0) is 21.2. The summed E-state index contributed by atoms with van der Waals surface area (Å²) in [5, 5.41) is 7.13. The molecule has 11 heteroatoms. The highest BCUT2D eigenvalue weighted by atomic mass is 32.2. The number of hydrogen-bond acceptors (Lipinski definition) is 7. The van der Waals surface area contributed by atoms with E-state index in [1.807, 2.05) is 0 Å². The predicted molar refractivity (Wildman–Crippen MR) is 104 cm³/mol. The van der Waals surface area contributed by atoms with E-state index in [1.54, 1.807) is 20.8 Å². The number of aromatic nitrogens is 3. The van der Waals surface area contributed by atoms with Crippen molar-refractivity contribution in [2.45, 2.75) is 25.7 Å². The fourth-order valence-electron chi connectivity index (χ4n) is 2.74. The van der Waals surface area contributed by atoms with Crippen LogP contribution in [0.5, 0.6) is 0 Å². The number of benzene rings is 1. The number of anilines is 2. The maximum Gasteiger partial charge on any atom is 0.343 e. The largest absolute Gasteiger partial charge is 0.462 e. The summed E-state index contributed by atoms with van der Waals surface area (Å²) < 4.78 is 47.0. The lowest BCUT2D eigenvalue weighted by Gasteiger charge is -2.14. The second-order valence-electron chi connectivity index (χ2n) is 6.07. The highest BCUT2D eigenvalue weighted by Crippen LogP contribution is 2.27. The quantitative estimate of drug-likeness (QED) is 0.563. The van der Waals surface area contributed by atoms with Crippen molar-refractivity contribution in [2.24, 2.45) is 0 Å². The lowest BCUT2D eigenvalue weighted by molar-refractivity contribution is 0.0526. The van der Waals surface area contributed by atoms with E-state index >= 15 is 0 Å². The summed E-state index contributed by atoms with van der Waals surface area (Å²) in [6.45, 7) is 5.35. The van der Waals surface area contributed by atoms with Gasteiger partial charge in [0.25, 0.3) is 0 Å². The molecule has 0 saturated heterocycles. The summed E-state index contributed by atoms with van der Waals surface area (Å²) in [5.74, 6) is -0.909. The number of sulfonamides is 1. The average Bonchev–Trinajstić information content (AvgIpc) is 3.09. The first-order valence-electron chi connectivity index (χ1n) is 8.85. The molecule has 3 rings (SSSR count). The van der Waals surface area contributed by atoms with Crippen LogP contribution in [0, 0.1) is 12.7 Å². The summed E-state index contributed by atoms with van der Waals surface area (Å²) in [4.78, 5) is 16.4. The Kier molecular flexibility index (Phi) is 5.80. The second-order valence-corrected chi connectivity index (χ2v) is 7.81. The van der Waals surface area contributed by atoms with E-state index in [4.69, 9.17) is 4.74 Å². The first-order valence-corrected chi connectivity index (χ1v) is 10.3. The van der Waals surface area contributed by atoms with Gasteiger partial charge in [-0.3, -0.25) is 0 Å². The van der Waals surface area contributed by atoms with Crippen LogP contribution in [0.2, 0.25) is 0 Å². The molecule has 2 heterocycles. The highest BCUT2D eigenvalue weighted by molar-refractivity contribution is 7.89. The van der Waals surface area contributed by atoms with Gasteiger partial charge in [0.1, 0.15) is 16.3 Å². The van der Waals surface area contributed by atoms with Gasteiger partial charge in [0.2, 0.25) is 10.0 Å². The third-order valence-electron chi connectivity index (χ3n) is 4.06. The molecule has 0 aliphatic rings. The minimum atomic E-state index is -3.83. The number of rotatable bonds is 7. The summed E-state index contributed by atoms with van der Waals surface area (Å²) in [6, 6.07) is 4.10. The molecular weight excluding hydrogens is 401 g/mol. The molecule has 0 unspecified atom stereocenters. The van der Waals surface area contributed by atoms with Crippen LogP contribution in [-0.4, -0.2) is 42.1 Å². The standard InChI is InChI=1S/C18H20FN5O4S/c1-4-22-29(26,27)15-10-21-24-16(23-14-7-6-12(19)8-11(14)3)13(9-20-17(15)24)18(25)28-5-2/h6-10,22-23H,4-5H2,1-3H3. The van der Waals surface area contributed by atoms with E-state index in [1.165, 1.54) is 28.9 Å². The van der Waals surface area contributed by atoms with Crippen LogP contribution in [0.25, 0.3) is 5.65 Å². The molecule has 0 atom stereocenters. The molecule has 3 aromatic rings. The van der Waals surface area contributed by atoms with Crippen LogP contribution in [0.1, 0.15) is 29.8 Å². The molecule has 0 fully saturated rings. The maximum atomic E-state index is 13.5. The molecule has 2 aromatic heterocycles. The molecule has 154 valence electrons. The van der Waals surface area contributed by atoms with E-state index in [-0.39, 0.29) is 35.1 Å². The van der Waals surface area contributed by atoms with E-state index in [0.29, 0.717) is 11.3 Å². The zero-order valence-corrected chi connectivity index (χ0v) is 16.9. The zero-order valence-electron chi connectivity index (χ0n) is 16.1. The third kappa shape index (κ3) is 4.05. The van der Waals surface area contributed by atoms with E-state index in [0.717, 1.165) is 6.20 Å². The minimum Gasteiger partial charge on any atom is -0.462 e. The van der Waals surface area contributed by atoms with Gasteiger partial charge < -0.3 is 10.1 Å². The topological polar surface area (TPSA) is 115 Å². The first kappa shape index (κ1) is 20.7. The van der Waals surface area contributed by atoms with Gasteiger partial charge in [-0.25, -0.2) is 27.3 Å². The van der Waals surface area contributed by atoms with Crippen LogP contribution >= 0.6 is 0 Å². The van der Waals surface area contributed by atoms with E-state index in [9.17, 15) is 17.6 Å². The summed E-state index contributed by atoms with van der Waals surface area (Å²) in [5.41, 5.74) is 1.17. The number of halogens is 1. The Hall–Kier alpha value is -3.05. The molecule has 1 aromatic carbocycles. The van der Waals surface area contributed by atoms with Gasteiger partial charge in [-0.2, -0.15) is 9.61 Å². The molecule has 2 N–H and O–H groups in total. The highest BCUT2D eigenvalue weighted by Gasteiger charge is 2.25. The number of carbonyl (C=O) groups excluding carboxylic acids is 1. The Bertz CT molecular complexity index is 1180. The number of hydrogen-bond donors (Lipinski definition) is 2. The number of esters is 1. The van der Waals surface area contributed by atoms with E-state index < -0.39 is 21.8 Å². The average molecular weight is 421 g/mol. The molecule has 0 amide bonds. The minimum absolute atomic E-state index is 0.0289. The van der Waals surface area contributed by atoms with Gasteiger partial charge in [0, 0.05) is 18.4 Å². The molecule has 9 nitrogen and oxygen atoms in total. The number of nitrogens with one attached hydrogen (secondary N) is 2. The number of fused-ring (bicyclic) bond motifs is 1. The lowest BCUT2D eigenvalue weighted by atomic mass is 10.2.